The van der Waals surface area contributed by atoms with E-state index in [2.05, 4.69) is 115 Å². The van der Waals surface area contributed by atoms with Crippen molar-refractivity contribution in [3.8, 4) is 0 Å². The molecular formula is C53H97N3. The van der Waals surface area contributed by atoms with Crippen molar-refractivity contribution < 1.29 is 0 Å². The van der Waals surface area contributed by atoms with Crippen molar-refractivity contribution >= 4 is 0 Å². The summed E-state index contributed by atoms with van der Waals surface area (Å²) in [4.78, 5) is 12.1. The largest absolute Gasteiger partial charge is 0.265 e. The van der Waals surface area contributed by atoms with Crippen molar-refractivity contribution in [2.75, 3.05) is 0 Å². The van der Waals surface area contributed by atoms with Crippen LogP contribution in [-0.4, -0.2) is 15.0 Å². The van der Waals surface area contributed by atoms with Crippen molar-refractivity contribution in [3.63, 3.8) is 0 Å². The highest BCUT2D eigenvalue weighted by Crippen LogP contribution is 2.29. The lowest BCUT2D eigenvalue weighted by atomic mass is 9.82. The van der Waals surface area contributed by atoms with E-state index in [9.17, 15) is 0 Å². The molecule has 324 valence electrons. The van der Waals surface area contributed by atoms with Crippen LogP contribution in [0.2, 0.25) is 0 Å². The van der Waals surface area contributed by atoms with Crippen LogP contribution in [0.4, 0.5) is 0 Å². The monoisotopic (exact) mass is 776 g/mol. The van der Waals surface area contributed by atoms with Crippen molar-refractivity contribution in [2.45, 2.75) is 202 Å². The molecule has 5 rings (SSSR count). The van der Waals surface area contributed by atoms with Gasteiger partial charge in [-0.25, -0.2) is 0 Å². The molecular weight excluding hydrogens is 679 g/mol. The Hall–Kier alpha value is -3.33. The zero-order chi connectivity index (χ0) is 43.5. The van der Waals surface area contributed by atoms with Gasteiger partial charge in [0, 0.05) is 36.7 Å². The molecule has 0 aliphatic heterocycles. The summed E-state index contributed by atoms with van der Waals surface area (Å²) in [6.07, 6.45) is 16.7. The summed E-state index contributed by atoms with van der Waals surface area (Å²) < 4.78 is 0. The average Bonchev–Trinajstić information content (AvgIpc) is 3.27. The van der Waals surface area contributed by atoms with E-state index in [0.717, 1.165) is 17.5 Å². The molecule has 1 fully saturated rings. The van der Waals surface area contributed by atoms with Gasteiger partial charge in [-0.3, -0.25) is 15.0 Å². The van der Waals surface area contributed by atoms with Gasteiger partial charge >= 0.3 is 0 Å². The van der Waals surface area contributed by atoms with Crippen LogP contribution < -0.4 is 0 Å². The van der Waals surface area contributed by atoms with Crippen LogP contribution in [-0.2, 0) is 0 Å². The highest BCUT2D eigenvalue weighted by Gasteiger charge is 2.15. The van der Waals surface area contributed by atoms with E-state index in [4.69, 9.17) is 0 Å². The summed E-state index contributed by atoms with van der Waals surface area (Å²) in [5, 5.41) is 0. The summed E-state index contributed by atoms with van der Waals surface area (Å²) in [6.45, 7) is 42.1. The Balaban J connectivity index is -0.000000131. The average molecular weight is 776 g/mol. The standard InChI is InChI=1S/C9H18.C9H12.3C8H11N.5C2H6.CH4/c2*1-8(2)9-6-4-3-5-7-9;1-7(2)8-3-5-9-6-4-8;1-7(2)8-4-3-5-9-6-8;1-7(2)8-5-3-4-6-9-8;5*1-2;/h8-9H,3-7H2,1-2H3;3-8H,1-2H3;3*3-7H,1-2H3;5*1-2H3;1H4. The lowest BCUT2D eigenvalue weighted by Gasteiger charge is -2.24. The molecule has 0 bridgehead atoms. The number of pyridine rings is 3. The van der Waals surface area contributed by atoms with E-state index in [1.165, 1.54) is 48.8 Å². The number of hydrogen-bond acceptors (Lipinski definition) is 3. The Kier molecular flexibility index (Phi) is 57.3. The Morgan fingerprint density at radius 3 is 1.11 bits per heavy atom. The van der Waals surface area contributed by atoms with E-state index >= 15 is 0 Å². The van der Waals surface area contributed by atoms with Crippen LogP contribution in [0, 0.1) is 11.8 Å². The van der Waals surface area contributed by atoms with Crippen molar-refractivity contribution in [3.05, 3.63) is 126 Å². The minimum Gasteiger partial charge on any atom is -0.265 e. The minimum absolute atomic E-state index is 0. The summed E-state index contributed by atoms with van der Waals surface area (Å²) >= 11 is 0. The van der Waals surface area contributed by atoms with Crippen LogP contribution in [0.25, 0.3) is 0 Å². The lowest BCUT2D eigenvalue weighted by Crippen LogP contribution is -2.12. The molecule has 4 aromatic rings. The Morgan fingerprint density at radius 2 is 0.839 bits per heavy atom. The van der Waals surface area contributed by atoms with Crippen molar-refractivity contribution in [2.24, 2.45) is 11.8 Å². The quantitative estimate of drug-likeness (QED) is 0.203. The van der Waals surface area contributed by atoms with Crippen LogP contribution in [0.5, 0.6) is 0 Å². The normalized spacial score (nSPS) is 10.7. The van der Waals surface area contributed by atoms with Gasteiger partial charge in [0.2, 0.25) is 0 Å². The van der Waals surface area contributed by atoms with E-state index in [-0.39, 0.29) is 7.43 Å². The first-order valence-corrected chi connectivity index (χ1v) is 22.3. The van der Waals surface area contributed by atoms with Gasteiger partial charge in [-0.1, -0.05) is 220 Å². The van der Waals surface area contributed by atoms with Crippen LogP contribution >= 0.6 is 0 Å². The molecule has 0 atom stereocenters. The predicted molar refractivity (Wildman–Crippen MR) is 260 cm³/mol. The second kappa shape index (κ2) is 49.7. The molecule has 1 saturated carbocycles. The van der Waals surface area contributed by atoms with E-state index in [0.29, 0.717) is 23.7 Å². The molecule has 0 spiro atoms. The fourth-order valence-corrected chi connectivity index (χ4v) is 4.82. The number of rotatable bonds is 5. The van der Waals surface area contributed by atoms with Crippen molar-refractivity contribution in [1.82, 2.24) is 15.0 Å². The Morgan fingerprint density at radius 1 is 0.411 bits per heavy atom. The van der Waals surface area contributed by atoms with Crippen molar-refractivity contribution in [1.29, 1.82) is 0 Å². The highest BCUT2D eigenvalue weighted by atomic mass is 14.7. The molecule has 0 radical (unpaired) electrons. The smallest absolute Gasteiger partial charge is 0.0428 e. The van der Waals surface area contributed by atoms with Crippen LogP contribution in [0.3, 0.4) is 0 Å². The molecule has 1 aromatic carbocycles. The zero-order valence-corrected chi connectivity index (χ0v) is 40.2. The number of nitrogens with zero attached hydrogens (tertiary/aromatic N) is 3. The third-order valence-corrected chi connectivity index (χ3v) is 8.06. The number of benzene rings is 1. The first-order chi connectivity index (χ1) is 26.5. The molecule has 3 heterocycles. The number of hydrogen-bond donors (Lipinski definition) is 0. The SMILES string of the molecule is C.CC.CC.CC.CC.CC.CC(C)C1CCCCC1.CC(C)c1ccccc1.CC(C)c1ccccn1.CC(C)c1cccnc1.CC(C)c1ccncc1. The molecule has 0 N–H and O–H groups in total. The van der Waals surface area contributed by atoms with Gasteiger partial charge in [0.15, 0.2) is 0 Å². The summed E-state index contributed by atoms with van der Waals surface area (Å²) in [7, 11) is 0. The second-order valence-electron chi connectivity index (χ2n) is 13.5. The Bertz CT molecular complexity index is 1010. The third kappa shape index (κ3) is 38.9. The highest BCUT2D eigenvalue weighted by molar-refractivity contribution is 5.17. The lowest BCUT2D eigenvalue weighted by molar-refractivity contribution is 0.279. The first-order valence-electron chi connectivity index (χ1n) is 22.3. The minimum atomic E-state index is 0. The molecule has 56 heavy (non-hydrogen) atoms. The second-order valence-corrected chi connectivity index (χ2v) is 13.5. The van der Waals surface area contributed by atoms with E-state index < -0.39 is 0 Å². The first kappa shape index (κ1) is 64.6. The molecule has 0 unspecified atom stereocenters. The molecule has 3 aromatic heterocycles. The molecule has 3 nitrogen and oxygen atoms in total. The Labute approximate surface area is 353 Å². The maximum absolute atomic E-state index is 4.18. The van der Waals surface area contributed by atoms with Gasteiger partial charge in [-0.05, 0) is 82.5 Å². The van der Waals surface area contributed by atoms with Crippen LogP contribution in [0.1, 0.15) is 224 Å². The van der Waals surface area contributed by atoms with Crippen LogP contribution in [0.15, 0.2) is 104 Å². The topological polar surface area (TPSA) is 38.7 Å². The maximum atomic E-state index is 4.18. The van der Waals surface area contributed by atoms with Gasteiger partial charge in [0.1, 0.15) is 0 Å². The van der Waals surface area contributed by atoms with E-state index in [1.54, 1.807) is 6.20 Å². The van der Waals surface area contributed by atoms with Gasteiger partial charge < -0.3 is 0 Å². The van der Waals surface area contributed by atoms with Gasteiger partial charge in [-0.2, -0.15) is 0 Å². The molecule has 1 aliphatic rings. The predicted octanol–water partition coefficient (Wildman–Crippen LogP) is 18.4. The summed E-state index contributed by atoms with van der Waals surface area (Å²) in [5.41, 5.74) is 5.23. The van der Waals surface area contributed by atoms with E-state index in [1.807, 2.05) is 136 Å². The summed E-state index contributed by atoms with van der Waals surface area (Å²) in [5.74, 6) is 4.41. The fraction of sp³-hybridized carbons (Fsp3) is 0.604. The third-order valence-electron chi connectivity index (χ3n) is 8.06. The number of aromatic nitrogens is 3. The maximum Gasteiger partial charge on any atom is 0.0428 e. The van der Waals surface area contributed by atoms with Gasteiger partial charge in [-0.15, -0.1) is 0 Å². The fourth-order valence-electron chi connectivity index (χ4n) is 4.82. The summed E-state index contributed by atoms with van der Waals surface area (Å²) in [6, 6.07) is 24.7. The molecule has 3 heteroatoms. The zero-order valence-electron chi connectivity index (χ0n) is 40.2. The molecule has 0 amide bonds. The molecule has 1 aliphatic carbocycles. The van der Waals surface area contributed by atoms with Gasteiger partial charge in [0.05, 0.1) is 0 Å². The molecule has 0 saturated heterocycles. The van der Waals surface area contributed by atoms with Gasteiger partial charge in [0.25, 0.3) is 0 Å².